The molecule has 0 fully saturated rings. The van der Waals surface area contributed by atoms with E-state index < -0.39 is 0 Å². The predicted octanol–water partition coefficient (Wildman–Crippen LogP) is 5.12. The standard InChI is InChI=1S/C16H19ClO/c1-3-5-12-6-8-13(9-7-12)16(17)14-10-11-18-15(14)4-2/h6-11,16H,3-5H2,1-2H3. The molecule has 1 unspecified atom stereocenters. The fourth-order valence-corrected chi connectivity index (χ4v) is 2.53. The van der Waals surface area contributed by atoms with Gasteiger partial charge in [-0.1, -0.05) is 44.5 Å². The van der Waals surface area contributed by atoms with Gasteiger partial charge in [-0.3, -0.25) is 0 Å². The van der Waals surface area contributed by atoms with Gasteiger partial charge in [-0.15, -0.1) is 11.6 Å². The van der Waals surface area contributed by atoms with Crippen LogP contribution in [0, 0.1) is 0 Å². The fourth-order valence-electron chi connectivity index (χ4n) is 2.19. The van der Waals surface area contributed by atoms with Crippen molar-refractivity contribution in [1.82, 2.24) is 0 Å². The summed E-state index contributed by atoms with van der Waals surface area (Å²) in [6.45, 7) is 4.27. The topological polar surface area (TPSA) is 13.1 Å². The van der Waals surface area contributed by atoms with Crippen molar-refractivity contribution in [3.8, 4) is 0 Å². The number of benzene rings is 1. The van der Waals surface area contributed by atoms with Crippen LogP contribution in [0.5, 0.6) is 0 Å². The van der Waals surface area contributed by atoms with Crippen molar-refractivity contribution < 1.29 is 4.42 Å². The second-order valence-electron chi connectivity index (χ2n) is 4.51. The summed E-state index contributed by atoms with van der Waals surface area (Å²) in [7, 11) is 0. The van der Waals surface area contributed by atoms with Gasteiger partial charge in [0.25, 0.3) is 0 Å². The molecule has 0 spiro atoms. The molecule has 0 N–H and O–H groups in total. The van der Waals surface area contributed by atoms with Crippen LogP contribution in [0.3, 0.4) is 0 Å². The molecule has 0 aliphatic rings. The number of furan rings is 1. The van der Waals surface area contributed by atoms with Gasteiger partial charge in [0.2, 0.25) is 0 Å². The molecule has 0 aliphatic heterocycles. The van der Waals surface area contributed by atoms with Gasteiger partial charge in [0.1, 0.15) is 5.76 Å². The normalized spacial score (nSPS) is 12.6. The van der Waals surface area contributed by atoms with Crippen LogP contribution >= 0.6 is 11.6 Å². The maximum Gasteiger partial charge on any atom is 0.108 e. The highest BCUT2D eigenvalue weighted by Gasteiger charge is 2.16. The molecule has 0 amide bonds. The second-order valence-corrected chi connectivity index (χ2v) is 4.94. The fraction of sp³-hybridized carbons (Fsp3) is 0.375. The SMILES string of the molecule is CCCc1ccc(C(Cl)c2ccoc2CC)cc1. The number of rotatable bonds is 5. The third-order valence-corrected chi connectivity index (χ3v) is 3.67. The average molecular weight is 263 g/mol. The lowest BCUT2D eigenvalue weighted by atomic mass is 10.0. The van der Waals surface area contributed by atoms with Crippen LogP contribution in [0.25, 0.3) is 0 Å². The number of alkyl halides is 1. The van der Waals surface area contributed by atoms with E-state index in [1.165, 1.54) is 12.0 Å². The van der Waals surface area contributed by atoms with Gasteiger partial charge in [-0.2, -0.15) is 0 Å². The summed E-state index contributed by atoms with van der Waals surface area (Å²) >= 11 is 6.53. The largest absolute Gasteiger partial charge is 0.469 e. The van der Waals surface area contributed by atoms with E-state index in [0.29, 0.717) is 0 Å². The van der Waals surface area contributed by atoms with Gasteiger partial charge in [-0.05, 0) is 23.6 Å². The number of hydrogen-bond acceptors (Lipinski definition) is 1. The number of aryl methyl sites for hydroxylation is 2. The van der Waals surface area contributed by atoms with Crippen LogP contribution in [0.1, 0.15) is 48.1 Å². The molecular weight excluding hydrogens is 244 g/mol. The van der Waals surface area contributed by atoms with Crippen molar-refractivity contribution in [1.29, 1.82) is 0 Å². The molecule has 96 valence electrons. The smallest absolute Gasteiger partial charge is 0.108 e. The van der Waals surface area contributed by atoms with E-state index in [9.17, 15) is 0 Å². The molecule has 18 heavy (non-hydrogen) atoms. The van der Waals surface area contributed by atoms with Crippen molar-refractivity contribution in [3.63, 3.8) is 0 Å². The lowest BCUT2D eigenvalue weighted by Crippen LogP contribution is -1.95. The summed E-state index contributed by atoms with van der Waals surface area (Å²) in [5.41, 5.74) is 3.59. The third kappa shape index (κ3) is 2.78. The molecule has 2 heteroatoms. The van der Waals surface area contributed by atoms with Crippen LogP contribution in [0.2, 0.25) is 0 Å². The quantitative estimate of drug-likeness (QED) is 0.682. The molecule has 0 bridgehead atoms. The summed E-state index contributed by atoms with van der Waals surface area (Å²) in [6, 6.07) is 10.5. The van der Waals surface area contributed by atoms with Crippen LogP contribution in [-0.4, -0.2) is 0 Å². The highest BCUT2D eigenvalue weighted by molar-refractivity contribution is 6.22. The molecular formula is C16H19ClO. The average Bonchev–Trinajstić information content (AvgIpc) is 2.87. The molecule has 1 heterocycles. The Labute approximate surface area is 114 Å². The molecule has 1 aromatic heterocycles. The number of halogens is 1. The van der Waals surface area contributed by atoms with Crippen molar-refractivity contribution in [2.75, 3.05) is 0 Å². The Bertz CT molecular complexity index is 484. The Morgan fingerprint density at radius 3 is 2.44 bits per heavy atom. The zero-order chi connectivity index (χ0) is 13.0. The Morgan fingerprint density at radius 2 is 1.83 bits per heavy atom. The molecule has 0 radical (unpaired) electrons. The monoisotopic (exact) mass is 262 g/mol. The minimum Gasteiger partial charge on any atom is -0.469 e. The lowest BCUT2D eigenvalue weighted by molar-refractivity contribution is 0.512. The second kappa shape index (κ2) is 6.10. The highest BCUT2D eigenvalue weighted by Crippen LogP contribution is 2.32. The third-order valence-electron chi connectivity index (χ3n) is 3.19. The van der Waals surface area contributed by atoms with Crippen molar-refractivity contribution in [2.45, 2.75) is 38.5 Å². The molecule has 2 aromatic rings. The minimum atomic E-state index is -0.116. The molecule has 2 rings (SSSR count). The predicted molar refractivity (Wildman–Crippen MR) is 76.2 cm³/mol. The minimum absolute atomic E-state index is 0.116. The van der Waals surface area contributed by atoms with Crippen molar-refractivity contribution in [3.05, 3.63) is 59.0 Å². The molecule has 1 atom stereocenters. The van der Waals surface area contributed by atoms with Crippen LogP contribution in [-0.2, 0) is 12.8 Å². The van der Waals surface area contributed by atoms with Crippen LogP contribution in [0.4, 0.5) is 0 Å². The Kier molecular flexibility index (Phi) is 4.48. The first-order chi connectivity index (χ1) is 8.76. The Morgan fingerprint density at radius 1 is 1.11 bits per heavy atom. The maximum absolute atomic E-state index is 6.53. The van der Waals surface area contributed by atoms with Gasteiger partial charge >= 0.3 is 0 Å². The molecule has 0 aliphatic carbocycles. The van der Waals surface area contributed by atoms with Gasteiger partial charge in [0.05, 0.1) is 11.6 Å². The Hall–Kier alpha value is -1.21. The van der Waals surface area contributed by atoms with Gasteiger partial charge in [0, 0.05) is 12.0 Å². The zero-order valence-corrected chi connectivity index (χ0v) is 11.7. The summed E-state index contributed by atoms with van der Waals surface area (Å²) in [4.78, 5) is 0. The first-order valence-electron chi connectivity index (χ1n) is 6.55. The molecule has 0 saturated carbocycles. The van der Waals surface area contributed by atoms with Gasteiger partial charge < -0.3 is 4.42 Å². The molecule has 1 aromatic carbocycles. The van der Waals surface area contributed by atoms with E-state index in [-0.39, 0.29) is 5.38 Å². The van der Waals surface area contributed by atoms with Crippen molar-refractivity contribution >= 4 is 11.6 Å². The maximum atomic E-state index is 6.53. The summed E-state index contributed by atoms with van der Waals surface area (Å²) in [5, 5.41) is -0.116. The Balaban J connectivity index is 2.20. The number of hydrogen-bond donors (Lipinski definition) is 0. The van der Waals surface area contributed by atoms with E-state index in [1.54, 1.807) is 6.26 Å². The lowest BCUT2D eigenvalue weighted by Gasteiger charge is -2.10. The first kappa shape index (κ1) is 13.2. The summed E-state index contributed by atoms with van der Waals surface area (Å²) < 4.78 is 5.43. The van der Waals surface area contributed by atoms with E-state index in [4.69, 9.17) is 16.0 Å². The zero-order valence-electron chi connectivity index (χ0n) is 10.9. The van der Waals surface area contributed by atoms with Gasteiger partial charge in [-0.25, -0.2) is 0 Å². The van der Waals surface area contributed by atoms with Crippen molar-refractivity contribution in [2.24, 2.45) is 0 Å². The summed E-state index contributed by atoms with van der Waals surface area (Å²) in [6.07, 6.45) is 4.89. The van der Waals surface area contributed by atoms with E-state index in [2.05, 4.69) is 38.1 Å². The van der Waals surface area contributed by atoms with E-state index in [1.807, 2.05) is 6.07 Å². The molecule has 0 saturated heterocycles. The first-order valence-corrected chi connectivity index (χ1v) is 6.99. The highest BCUT2D eigenvalue weighted by atomic mass is 35.5. The van der Waals surface area contributed by atoms with E-state index >= 15 is 0 Å². The van der Waals surface area contributed by atoms with Gasteiger partial charge in [0.15, 0.2) is 0 Å². The van der Waals surface area contributed by atoms with Crippen LogP contribution < -0.4 is 0 Å². The molecule has 1 nitrogen and oxygen atoms in total. The van der Waals surface area contributed by atoms with Crippen LogP contribution in [0.15, 0.2) is 41.0 Å². The summed E-state index contributed by atoms with van der Waals surface area (Å²) in [5.74, 6) is 0.979. The van der Waals surface area contributed by atoms with E-state index in [0.717, 1.165) is 29.7 Å².